The highest BCUT2D eigenvalue weighted by Crippen LogP contribution is 2.40. The lowest BCUT2D eigenvalue weighted by atomic mass is 10.0. The molecule has 3 aromatic rings. The van der Waals surface area contributed by atoms with Crippen LogP contribution in [-0.2, 0) is 26.3 Å². The van der Waals surface area contributed by atoms with Crippen LogP contribution in [0.5, 0.6) is 0 Å². The Labute approximate surface area is 198 Å². The van der Waals surface area contributed by atoms with Crippen LogP contribution >= 0.6 is 0 Å². The summed E-state index contributed by atoms with van der Waals surface area (Å²) < 4.78 is 13.9. The van der Waals surface area contributed by atoms with Gasteiger partial charge in [0.2, 0.25) is 5.91 Å². The molecule has 1 atom stereocenters. The number of hydrogen-bond donors (Lipinski definition) is 1. The molecule has 2 fully saturated rings. The Morgan fingerprint density at radius 1 is 1.26 bits per heavy atom. The zero-order valence-electron chi connectivity index (χ0n) is 19.9. The van der Waals surface area contributed by atoms with E-state index in [1.165, 1.54) is 0 Å². The van der Waals surface area contributed by atoms with E-state index < -0.39 is 11.7 Å². The first-order valence-corrected chi connectivity index (χ1v) is 11.5. The maximum Gasteiger partial charge on any atom is 0.437 e. The molecule has 9 nitrogen and oxygen atoms in total. The van der Waals surface area contributed by atoms with Gasteiger partial charge in [-0.05, 0) is 63.8 Å². The van der Waals surface area contributed by atoms with Gasteiger partial charge in [0.15, 0.2) is 0 Å². The fourth-order valence-corrected chi connectivity index (χ4v) is 3.73. The Bertz CT molecular complexity index is 1240. The number of nitrogens with zero attached hydrogens (tertiary/aromatic N) is 4. The van der Waals surface area contributed by atoms with Gasteiger partial charge >= 0.3 is 6.09 Å². The largest absolute Gasteiger partial charge is 0.442 e. The van der Waals surface area contributed by atoms with Gasteiger partial charge in [-0.25, -0.2) is 9.48 Å². The van der Waals surface area contributed by atoms with E-state index in [-0.39, 0.29) is 17.9 Å². The molecular weight excluding hydrogens is 434 g/mol. The zero-order chi connectivity index (χ0) is 24.1. The molecule has 1 N–H and O–H groups in total. The van der Waals surface area contributed by atoms with Crippen molar-refractivity contribution in [3.63, 3.8) is 0 Å². The molecule has 1 aromatic carbocycles. The standard InChI is InChI=1S/C25H29N5O4/c1-24(2,3)34-23(32)30-21(12-20(28-30)17-8-9-17)27-22(31)10-16-13-26-29(14-16)19-7-5-6-18(11-19)25(4)15-33-25/h5-7,11-14,17H,8-10,15H2,1-4H3,(H,27,31). The van der Waals surface area contributed by atoms with Crippen molar-refractivity contribution in [1.29, 1.82) is 0 Å². The molecule has 1 aliphatic carbocycles. The molecule has 2 aliphatic rings. The van der Waals surface area contributed by atoms with E-state index in [9.17, 15) is 9.59 Å². The molecule has 1 aliphatic heterocycles. The van der Waals surface area contributed by atoms with Crippen LogP contribution < -0.4 is 5.32 Å². The fraction of sp³-hybridized carbons (Fsp3) is 0.440. The average Bonchev–Trinajstić information content (AvgIpc) is 3.66. The molecule has 1 amide bonds. The third kappa shape index (κ3) is 4.89. The quantitative estimate of drug-likeness (QED) is 0.551. The van der Waals surface area contributed by atoms with E-state index >= 15 is 0 Å². The summed E-state index contributed by atoms with van der Waals surface area (Å²) in [7, 11) is 0. The summed E-state index contributed by atoms with van der Waals surface area (Å²) in [6.07, 6.45) is 5.06. The Balaban J connectivity index is 1.29. The molecule has 0 radical (unpaired) electrons. The molecule has 1 saturated carbocycles. The monoisotopic (exact) mass is 463 g/mol. The first-order chi connectivity index (χ1) is 16.1. The summed E-state index contributed by atoms with van der Waals surface area (Å²) in [4.78, 5) is 25.5. The normalized spacial score (nSPS) is 19.6. The summed E-state index contributed by atoms with van der Waals surface area (Å²) >= 11 is 0. The van der Waals surface area contributed by atoms with Gasteiger partial charge in [0.05, 0.1) is 30.6 Å². The molecule has 1 saturated heterocycles. The van der Waals surface area contributed by atoms with Crippen molar-refractivity contribution >= 4 is 17.8 Å². The highest BCUT2D eigenvalue weighted by molar-refractivity contribution is 5.93. The summed E-state index contributed by atoms with van der Waals surface area (Å²) in [5.41, 5.74) is 2.66. The molecule has 3 heterocycles. The number of benzene rings is 1. The molecule has 34 heavy (non-hydrogen) atoms. The SMILES string of the molecule is CC(C)(C)OC(=O)n1nc(C2CC2)cc1NC(=O)Cc1cnn(-c2cccc(C3(C)CO3)c2)c1. The van der Waals surface area contributed by atoms with E-state index in [0.29, 0.717) is 18.3 Å². The van der Waals surface area contributed by atoms with Gasteiger partial charge in [0.25, 0.3) is 0 Å². The molecule has 178 valence electrons. The van der Waals surface area contributed by atoms with Gasteiger partial charge in [-0.3, -0.25) is 4.79 Å². The second kappa shape index (κ2) is 8.09. The van der Waals surface area contributed by atoms with Gasteiger partial charge in [0, 0.05) is 18.2 Å². The van der Waals surface area contributed by atoms with Gasteiger partial charge in [0.1, 0.15) is 17.0 Å². The minimum absolute atomic E-state index is 0.110. The molecule has 5 rings (SSSR count). The Kier molecular flexibility index (Phi) is 5.31. The number of nitrogens with one attached hydrogen (secondary N) is 1. The van der Waals surface area contributed by atoms with Gasteiger partial charge in [-0.15, -0.1) is 4.68 Å². The van der Waals surface area contributed by atoms with E-state index in [1.807, 2.05) is 30.5 Å². The summed E-state index contributed by atoms with van der Waals surface area (Å²) in [6, 6.07) is 9.78. The van der Waals surface area contributed by atoms with Crippen molar-refractivity contribution < 1.29 is 19.1 Å². The molecule has 9 heteroatoms. The van der Waals surface area contributed by atoms with E-state index in [1.54, 1.807) is 37.7 Å². The number of carbonyl (C=O) groups excluding carboxylic acids is 2. The van der Waals surface area contributed by atoms with Gasteiger partial charge in [-0.1, -0.05) is 12.1 Å². The number of rotatable bonds is 6. The second-order valence-corrected chi connectivity index (χ2v) is 10.2. The number of carbonyl (C=O) groups is 2. The van der Waals surface area contributed by atoms with Crippen molar-refractivity contribution in [2.75, 3.05) is 11.9 Å². The van der Waals surface area contributed by atoms with Crippen LogP contribution in [0.4, 0.5) is 10.6 Å². The van der Waals surface area contributed by atoms with Crippen LogP contribution in [0.3, 0.4) is 0 Å². The summed E-state index contributed by atoms with van der Waals surface area (Å²) in [5, 5.41) is 11.6. The Hall–Kier alpha value is -3.46. The predicted molar refractivity (Wildman–Crippen MR) is 125 cm³/mol. The average molecular weight is 464 g/mol. The van der Waals surface area contributed by atoms with Crippen LogP contribution in [0.15, 0.2) is 42.7 Å². The minimum atomic E-state index is -0.668. The van der Waals surface area contributed by atoms with Crippen LogP contribution in [0, 0.1) is 0 Å². The lowest BCUT2D eigenvalue weighted by Gasteiger charge is -2.19. The first-order valence-electron chi connectivity index (χ1n) is 11.5. The van der Waals surface area contributed by atoms with Crippen molar-refractivity contribution in [1.82, 2.24) is 19.6 Å². The number of hydrogen-bond acceptors (Lipinski definition) is 6. The highest BCUT2D eigenvalue weighted by atomic mass is 16.6. The van der Waals surface area contributed by atoms with Crippen LogP contribution in [-0.4, -0.2) is 43.8 Å². The highest BCUT2D eigenvalue weighted by Gasteiger charge is 2.41. The van der Waals surface area contributed by atoms with Gasteiger partial charge in [-0.2, -0.15) is 10.2 Å². The maximum absolute atomic E-state index is 12.8. The van der Waals surface area contributed by atoms with E-state index in [0.717, 1.165) is 40.0 Å². The second-order valence-electron chi connectivity index (χ2n) is 10.2. The topological polar surface area (TPSA) is 104 Å². The van der Waals surface area contributed by atoms with Crippen LogP contribution in [0.2, 0.25) is 0 Å². The van der Waals surface area contributed by atoms with Crippen LogP contribution in [0.1, 0.15) is 63.3 Å². The molecular formula is C25H29N5O4. The Morgan fingerprint density at radius 3 is 2.71 bits per heavy atom. The lowest BCUT2D eigenvalue weighted by Crippen LogP contribution is -2.29. The van der Waals surface area contributed by atoms with Gasteiger partial charge < -0.3 is 14.8 Å². The number of anilines is 1. The number of aromatic nitrogens is 4. The Morgan fingerprint density at radius 2 is 2.03 bits per heavy atom. The number of epoxide rings is 1. The van der Waals surface area contributed by atoms with Crippen molar-refractivity contribution in [3.8, 4) is 5.69 Å². The fourth-order valence-electron chi connectivity index (χ4n) is 3.73. The smallest absolute Gasteiger partial charge is 0.437 e. The maximum atomic E-state index is 12.8. The van der Waals surface area contributed by atoms with Crippen molar-refractivity contribution in [2.45, 2.75) is 64.1 Å². The summed E-state index contributed by atoms with van der Waals surface area (Å²) in [5.74, 6) is 0.384. The molecule has 2 aromatic heterocycles. The molecule has 0 spiro atoms. The summed E-state index contributed by atoms with van der Waals surface area (Å²) in [6.45, 7) is 8.14. The number of ether oxygens (including phenoxy) is 2. The molecule has 1 unspecified atom stereocenters. The van der Waals surface area contributed by atoms with E-state index in [4.69, 9.17) is 9.47 Å². The van der Waals surface area contributed by atoms with Crippen molar-refractivity contribution in [2.24, 2.45) is 0 Å². The zero-order valence-corrected chi connectivity index (χ0v) is 19.9. The molecule has 0 bridgehead atoms. The van der Waals surface area contributed by atoms with Crippen molar-refractivity contribution in [3.05, 3.63) is 59.5 Å². The third-order valence-corrected chi connectivity index (χ3v) is 5.86. The van der Waals surface area contributed by atoms with Crippen LogP contribution in [0.25, 0.3) is 5.69 Å². The lowest BCUT2D eigenvalue weighted by molar-refractivity contribution is -0.115. The number of amides is 1. The predicted octanol–water partition coefficient (Wildman–Crippen LogP) is 4.16. The minimum Gasteiger partial charge on any atom is -0.442 e. The third-order valence-electron chi connectivity index (χ3n) is 5.86. The first kappa shape index (κ1) is 22.3. The van der Waals surface area contributed by atoms with E-state index in [2.05, 4.69) is 22.4 Å².